The van der Waals surface area contributed by atoms with Crippen molar-refractivity contribution < 1.29 is 4.79 Å². The molecule has 1 aliphatic rings. The van der Waals surface area contributed by atoms with Crippen molar-refractivity contribution in [2.75, 3.05) is 5.01 Å². The highest BCUT2D eigenvalue weighted by Crippen LogP contribution is 2.26. The molecule has 23 heavy (non-hydrogen) atoms. The summed E-state index contributed by atoms with van der Waals surface area (Å²) in [6, 6.07) is 15.1. The summed E-state index contributed by atoms with van der Waals surface area (Å²) in [6.45, 7) is 1.99. The number of benzene rings is 2. The van der Waals surface area contributed by atoms with Gasteiger partial charge in [-0.1, -0.05) is 29.8 Å². The Bertz CT molecular complexity index is 960. The van der Waals surface area contributed by atoms with Crippen molar-refractivity contribution in [3.63, 3.8) is 0 Å². The first kappa shape index (κ1) is 14.0. The Morgan fingerprint density at radius 3 is 2.78 bits per heavy atom. The third kappa shape index (κ3) is 2.29. The van der Waals surface area contributed by atoms with Crippen LogP contribution in [0.5, 0.6) is 0 Å². The predicted molar refractivity (Wildman–Crippen MR) is 90.9 cm³/mol. The summed E-state index contributed by atoms with van der Waals surface area (Å²) < 4.78 is 1.83. The predicted octanol–water partition coefficient (Wildman–Crippen LogP) is 3.46. The first-order valence-corrected chi connectivity index (χ1v) is 7.60. The Morgan fingerprint density at radius 2 is 2.00 bits per heavy atom. The standard InChI is InChI=1S/C17H13ClN4O/c1-11(23)17-20-21(13-6-4-5-12(18)9-13)10-16-19-14-7-2-3-8-15(14)22(16)17/h2-9H,10H2,1H3. The fraction of sp³-hybridized carbons (Fsp3) is 0.118. The number of nitrogens with zero attached hydrogens (tertiary/aromatic N) is 4. The Morgan fingerprint density at radius 1 is 1.17 bits per heavy atom. The van der Waals surface area contributed by atoms with E-state index in [-0.39, 0.29) is 5.78 Å². The fourth-order valence-electron chi connectivity index (χ4n) is 2.76. The van der Waals surface area contributed by atoms with E-state index >= 15 is 0 Å². The molecule has 0 saturated heterocycles. The molecule has 1 aromatic heterocycles. The van der Waals surface area contributed by atoms with Crippen molar-refractivity contribution in [2.24, 2.45) is 5.10 Å². The van der Waals surface area contributed by atoms with Gasteiger partial charge in [-0.2, -0.15) is 0 Å². The van der Waals surface area contributed by atoms with Crippen molar-refractivity contribution in [1.82, 2.24) is 9.55 Å². The molecule has 114 valence electrons. The largest absolute Gasteiger partial charge is 0.291 e. The maximum absolute atomic E-state index is 12.1. The number of hydrogen-bond acceptors (Lipinski definition) is 4. The van der Waals surface area contributed by atoms with Crippen LogP contribution in [0.3, 0.4) is 0 Å². The van der Waals surface area contributed by atoms with Crippen LogP contribution in [0.1, 0.15) is 12.7 Å². The van der Waals surface area contributed by atoms with E-state index in [0.29, 0.717) is 17.4 Å². The lowest BCUT2D eigenvalue weighted by Gasteiger charge is -2.25. The average molecular weight is 325 g/mol. The summed E-state index contributed by atoms with van der Waals surface area (Å²) in [7, 11) is 0. The quantitative estimate of drug-likeness (QED) is 0.725. The van der Waals surface area contributed by atoms with Crippen LogP contribution >= 0.6 is 11.6 Å². The molecular formula is C17H13ClN4O. The molecule has 6 heteroatoms. The van der Waals surface area contributed by atoms with Crippen LogP contribution in [-0.2, 0) is 11.3 Å². The van der Waals surface area contributed by atoms with Crippen LogP contribution < -0.4 is 5.01 Å². The van der Waals surface area contributed by atoms with E-state index in [1.807, 2.05) is 47.0 Å². The molecule has 4 rings (SSSR count). The minimum Gasteiger partial charge on any atom is -0.291 e. The molecule has 0 N–H and O–H groups in total. The van der Waals surface area contributed by atoms with E-state index < -0.39 is 0 Å². The number of carbonyl (C=O) groups excluding carboxylic acids is 1. The van der Waals surface area contributed by atoms with Gasteiger partial charge < -0.3 is 0 Å². The Labute approximate surface area is 137 Å². The van der Waals surface area contributed by atoms with Crippen molar-refractivity contribution in [1.29, 1.82) is 0 Å². The zero-order valence-electron chi connectivity index (χ0n) is 12.4. The highest BCUT2D eigenvalue weighted by molar-refractivity contribution is 6.40. The minimum absolute atomic E-state index is 0.110. The SMILES string of the molecule is CC(=O)C1=NN(c2cccc(Cl)c2)Cc2nc3ccccc3n21. The molecule has 0 bridgehead atoms. The lowest BCUT2D eigenvalue weighted by atomic mass is 10.3. The second kappa shape index (κ2) is 5.21. The summed E-state index contributed by atoms with van der Waals surface area (Å²) in [5.41, 5.74) is 2.57. The molecule has 0 atom stereocenters. The van der Waals surface area contributed by atoms with Gasteiger partial charge in [-0.25, -0.2) is 4.98 Å². The summed E-state index contributed by atoms with van der Waals surface area (Å²) in [5, 5.41) is 6.90. The summed E-state index contributed by atoms with van der Waals surface area (Å²) in [6.07, 6.45) is 0. The average Bonchev–Trinajstić information content (AvgIpc) is 2.92. The lowest BCUT2D eigenvalue weighted by Crippen LogP contribution is -2.34. The summed E-state index contributed by atoms with van der Waals surface area (Å²) >= 11 is 6.06. The number of carbonyl (C=O) groups is 1. The molecule has 0 aliphatic carbocycles. The number of anilines is 1. The number of rotatable bonds is 2. The minimum atomic E-state index is -0.110. The number of halogens is 1. The van der Waals surface area contributed by atoms with E-state index in [1.54, 1.807) is 11.1 Å². The maximum atomic E-state index is 12.1. The van der Waals surface area contributed by atoms with Crippen LogP contribution in [-0.4, -0.2) is 21.2 Å². The molecule has 0 saturated carbocycles. The number of ketones is 1. The molecular weight excluding hydrogens is 312 g/mol. The fourth-order valence-corrected chi connectivity index (χ4v) is 2.94. The van der Waals surface area contributed by atoms with Gasteiger partial charge in [0.15, 0.2) is 5.78 Å². The molecule has 1 aliphatic heterocycles. The number of hydrogen-bond donors (Lipinski definition) is 0. The molecule has 2 aromatic carbocycles. The summed E-state index contributed by atoms with van der Waals surface area (Å²) in [5.74, 6) is 1.03. The zero-order valence-corrected chi connectivity index (χ0v) is 13.2. The molecule has 5 nitrogen and oxygen atoms in total. The van der Waals surface area contributed by atoms with Crippen LogP contribution in [0.25, 0.3) is 11.0 Å². The Balaban J connectivity index is 1.90. The normalized spacial score (nSPS) is 13.8. The molecule has 0 fully saturated rings. The van der Waals surface area contributed by atoms with Gasteiger partial charge >= 0.3 is 0 Å². The van der Waals surface area contributed by atoms with Crippen molar-refractivity contribution in [3.8, 4) is 0 Å². The van der Waals surface area contributed by atoms with Gasteiger partial charge in [0.05, 0.1) is 16.7 Å². The highest BCUT2D eigenvalue weighted by atomic mass is 35.5. The number of Topliss-reactive ketones (excluding diaryl/α,β-unsaturated/α-hetero) is 1. The van der Waals surface area contributed by atoms with Gasteiger partial charge in [0.1, 0.15) is 12.4 Å². The Hall–Kier alpha value is -2.66. The smallest absolute Gasteiger partial charge is 0.202 e. The lowest BCUT2D eigenvalue weighted by molar-refractivity contribution is -0.111. The molecule has 0 amide bonds. The van der Waals surface area contributed by atoms with E-state index in [4.69, 9.17) is 11.6 Å². The van der Waals surface area contributed by atoms with Crippen LogP contribution in [0.15, 0.2) is 53.6 Å². The monoisotopic (exact) mass is 324 g/mol. The van der Waals surface area contributed by atoms with Gasteiger partial charge in [-0.15, -0.1) is 5.10 Å². The van der Waals surface area contributed by atoms with E-state index in [0.717, 1.165) is 22.5 Å². The summed E-state index contributed by atoms with van der Waals surface area (Å²) in [4.78, 5) is 16.8. The van der Waals surface area contributed by atoms with Crippen LogP contribution in [0.2, 0.25) is 5.02 Å². The van der Waals surface area contributed by atoms with Crippen LogP contribution in [0, 0.1) is 0 Å². The topological polar surface area (TPSA) is 50.5 Å². The van der Waals surface area contributed by atoms with Gasteiger partial charge in [-0.05, 0) is 30.3 Å². The molecule has 3 aromatic rings. The van der Waals surface area contributed by atoms with E-state index in [2.05, 4.69) is 10.1 Å². The van der Waals surface area contributed by atoms with Crippen molar-refractivity contribution in [2.45, 2.75) is 13.5 Å². The molecule has 0 spiro atoms. The second-order valence-corrected chi connectivity index (χ2v) is 5.81. The van der Waals surface area contributed by atoms with Gasteiger partial charge in [0.25, 0.3) is 0 Å². The molecule has 2 heterocycles. The third-order valence-corrected chi connectivity index (χ3v) is 4.00. The van der Waals surface area contributed by atoms with Crippen molar-refractivity contribution in [3.05, 3.63) is 59.4 Å². The molecule has 0 radical (unpaired) electrons. The highest BCUT2D eigenvalue weighted by Gasteiger charge is 2.26. The first-order valence-electron chi connectivity index (χ1n) is 7.23. The number of imidazole rings is 1. The van der Waals surface area contributed by atoms with E-state index in [9.17, 15) is 4.79 Å². The third-order valence-electron chi connectivity index (χ3n) is 3.77. The van der Waals surface area contributed by atoms with Gasteiger partial charge in [-0.3, -0.25) is 14.4 Å². The maximum Gasteiger partial charge on any atom is 0.202 e. The number of para-hydroxylation sites is 2. The van der Waals surface area contributed by atoms with Crippen LogP contribution in [0.4, 0.5) is 5.69 Å². The first-order chi connectivity index (χ1) is 11.1. The second-order valence-electron chi connectivity index (χ2n) is 5.37. The van der Waals surface area contributed by atoms with Gasteiger partial charge in [0, 0.05) is 11.9 Å². The number of hydrazone groups is 1. The van der Waals surface area contributed by atoms with E-state index in [1.165, 1.54) is 6.92 Å². The van der Waals surface area contributed by atoms with Gasteiger partial charge in [0.2, 0.25) is 5.84 Å². The Kier molecular flexibility index (Phi) is 3.16. The van der Waals surface area contributed by atoms with Crippen molar-refractivity contribution >= 4 is 39.9 Å². The number of aromatic nitrogens is 2. The molecule has 0 unspecified atom stereocenters. The zero-order chi connectivity index (χ0) is 16.0. The number of fused-ring (bicyclic) bond motifs is 3.